The molecule has 5 heteroatoms. The number of para-hydroxylation sites is 1. The van der Waals surface area contributed by atoms with Gasteiger partial charge < -0.3 is 0 Å². The van der Waals surface area contributed by atoms with Crippen molar-refractivity contribution in [2.45, 2.75) is 42.2 Å². The number of carboxylic acid groups (broad SMARTS) is 1. The van der Waals surface area contributed by atoms with Crippen molar-refractivity contribution in [1.29, 1.82) is 0 Å². The fraction of sp³-hybridized carbons (Fsp3) is 0.233. The second-order valence-corrected chi connectivity index (χ2v) is 12.7. The van der Waals surface area contributed by atoms with Gasteiger partial charge in [-0.2, -0.15) is 0 Å². The van der Waals surface area contributed by atoms with Crippen LogP contribution < -0.4 is 4.74 Å². The molecule has 4 atom stereocenters. The van der Waals surface area contributed by atoms with Crippen molar-refractivity contribution in [2.75, 3.05) is 0 Å². The van der Waals surface area contributed by atoms with E-state index in [0.717, 1.165) is 34.1 Å². The molecule has 0 radical (unpaired) electrons. The first-order valence-electron chi connectivity index (χ1n) is 11.8. The standard InChI is InChI=1S/C30H29AsO3.ClH/c1-19-14-15-22(16-27(19)30(32)33)28-17-23(34-29-13-6-5-11-26(28)29)18-31-20(2)24-12-7-9-21-8-3-4-10-25(21)24;/h3-16,20,23,28,31H,17-18H2,1-2H3,(H,32,33);1H/t20-,23-,28-;/m1./s1. The maximum absolute atomic E-state index is 11.8. The first-order chi connectivity index (χ1) is 16.5. The monoisotopic (exact) mass is 548 g/mol. The fourth-order valence-corrected chi connectivity index (χ4v) is 7.87. The first-order valence-corrected chi connectivity index (χ1v) is 14.5. The Labute approximate surface area is 219 Å². The molecular weight excluding hydrogens is 519 g/mol. The topological polar surface area (TPSA) is 46.5 Å². The van der Waals surface area contributed by atoms with Crippen LogP contribution in [0.5, 0.6) is 5.75 Å². The Hall–Kier alpha value is -2.74. The largest absolute Gasteiger partial charge is 0.147 e. The molecule has 1 unspecified atom stereocenters. The summed E-state index contributed by atoms with van der Waals surface area (Å²) in [6, 6.07) is 29.4. The van der Waals surface area contributed by atoms with Crippen molar-refractivity contribution < 1.29 is 14.6 Å². The van der Waals surface area contributed by atoms with E-state index in [1.165, 1.54) is 16.3 Å². The third-order valence-corrected chi connectivity index (χ3v) is 10.3. The number of aryl methyl sites for hydroxylation is 1. The molecule has 1 heterocycles. The molecule has 0 fully saturated rings. The average Bonchev–Trinajstić information content (AvgIpc) is 2.86. The molecule has 180 valence electrons. The van der Waals surface area contributed by atoms with Crippen LogP contribution >= 0.6 is 12.4 Å². The van der Waals surface area contributed by atoms with Crippen molar-refractivity contribution in [3.63, 3.8) is 0 Å². The summed E-state index contributed by atoms with van der Waals surface area (Å²) >= 11 is -0.297. The number of ether oxygens (including phenoxy) is 1. The molecule has 0 bridgehead atoms. The Morgan fingerprint density at radius 1 is 1.03 bits per heavy atom. The molecule has 0 amide bonds. The van der Waals surface area contributed by atoms with Gasteiger partial charge in [0.15, 0.2) is 0 Å². The Balaban J connectivity index is 0.00000289. The molecule has 0 aliphatic carbocycles. The molecule has 1 aliphatic rings. The number of rotatable bonds is 6. The molecule has 35 heavy (non-hydrogen) atoms. The van der Waals surface area contributed by atoms with Gasteiger partial charge in [0.1, 0.15) is 0 Å². The molecule has 1 aliphatic heterocycles. The summed E-state index contributed by atoms with van der Waals surface area (Å²) in [5.74, 6) is 0.213. The molecule has 0 aromatic heterocycles. The van der Waals surface area contributed by atoms with E-state index in [2.05, 4.69) is 67.6 Å². The summed E-state index contributed by atoms with van der Waals surface area (Å²) in [7, 11) is 0. The third kappa shape index (κ3) is 5.27. The van der Waals surface area contributed by atoms with E-state index >= 15 is 0 Å². The second kappa shape index (κ2) is 10.9. The zero-order valence-corrected chi connectivity index (χ0v) is 22.8. The predicted octanol–water partition coefficient (Wildman–Crippen LogP) is 7.17. The molecule has 3 nitrogen and oxygen atoms in total. The molecule has 0 saturated heterocycles. The van der Waals surface area contributed by atoms with Gasteiger partial charge in [0, 0.05) is 0 Å². The number of carbonyl (C=O) groups is 1. The molecule has 5 rings (SSSR count). The minimum atomic E-state index is -0.869. The predicted molar refractivity (Wildman–Crippen MR) is 147 cm³/mol. The average molecular weight is 549 g/mol. The van der Waals surface area contributed by atoms with Gasteiger partial charge in [-0.05, 0) is 0 Å². The summed E-state index contributed by atoms with van der Waals surface area (Å²) in [6.07, 6.45) is 1.03. The van der Waals surface area contributed by atoms with E-state index in [1.54, 1.807) is 0 Å². The molecule has 0 spiro atoms. The van der Waals surface area contributed by atoms with E-state index in [9.17, 15) is 9.90 Å². The van der Waals surface area contributed by atoms with Crippen molar-refractivity contribution >= 4 is 44.9 Å². The quantitative estimate of drug-likeness (QED) is 0.260. The molecular formula is C30H30AsClO3. The smallest absolute Gasteiger partial charge is 0.147 e. The van der Waals surface area contributed by atoms with Gasteiger partial charge in [-0.1, -0.05) is 0 Å². The van der Waals surface area contributed by atoms with E-state index in [-0.39, 0.29) is 40.2 Å². The van der Waals surface area contributed by atoms with Gasteiger partial charge in [-0.15, -0.1) is 12.4 Å². The molecule has 4 aromatic carbocycles. The zero-order chi connectivity index (χ0) is 23.7. The van der Waals surface area contributed by atoms with E-state index in [1.807, 2.05) is 31.2 Å². The maximum atomic E-state index is 11.8. The summed E-state index contributed by atoms with van der Waals surface area (Å²) < 4.78 is 7.02. The van der Waals surface area contributed by atoms with E-state index in [4.69, 9.17) is 4.74 Å². The maximum Gasteiger partial charge on any atom is -0.147 e. The number of hydrogen-bond acceptors (Lipinski definition) is 2. The van der Waals surface area contributed by atoms with Crippen LogP contribution in [0.15, 0.2) is 84.9 Å². The van der Waals surface area contributed by atoms with Crippen LogP contribution in [0.4, 0.5) is 0 Å². The summed E-state index contributed by atoms with van der Waals surface area (Å²) in [5.41, 5.74) is 4.84. The van der Waals surface area contributed by atoms with Gasteiger partial charge in [-0.25, -0.2) is 0 Å². The SMILES string of the molecule is Cc1ccc([C@H]2C[C@H](C[AsH][C@H](C)c3cccc4ccccc34)Oc3ccccc32)cc1C(=O)O.Cl. The minimum absolute atomic E-state index is 0. The van der Waals surface area contributed by atoms with Crippen LogP contribution in [-0.4, -0.2) is 32.9 Å². The molecule has 0 saturated carbocycles. The number of carboxylic acids is 1. The first kappa shape index (κ1) is 25.4. The van der Waals surface area contributed by atoms with Crippen LogP contribution in [0.25, 0.3) is 10.8 Å². The number of benzene rings is 4. The van der Waals surface area contributed by atoms with Gasteiger partial charge in [0.25, 0.3) is 0 Å². The summed E-state index contributed by atoms with van der Waals surface area (Å²) in [6.45, 7) is 4.21. The number of halogens is 1. The van der Waals surface area contributed by atoms with Crippen molar-refractivity contribution in [3.05, 3.63) is 113 Å². The molecule has 4 aromatic rings. The van der Waals surface area contributed by atoms with Crippen LogP contribution in [0.3, 0.4) is 0 Å². The Morgan fingerprint density at radius 3 is 2.60 bits per heavy atom. The van der Waals surface area contributed by atoms with Gasteiger partial charge >= 0.3 is 208 Å². The van der Waals surface area contributed by atoms with Crippen molar-refractivity contribution in [3.8, 4) is 5.75 Å². The van der Waals surface area contributed by atoms with Crippen LogP contribution in [0.1, 0.15) is 56.6 Å². The zero-order valence-electron chi connectivity index (χ0n) is 19.9. The number of aromatic carboxylic acids is 1. The number of hydrogen-bond donors (Lipinski definition) is 1. The summed E-state index contributed by atoms with van der Waals surface area (Å²) in [5, 5.41) is 13.4. The van der Waals surface area contributed by atoms with Crippen molar-refractivity contribution in [2.24, 2.45) is 0 Å². The fourth-order valence-electron chi connectivity index (χ4n) is 5.07. The van der Waals surface area contributed by atoms with Gasteiger partial charge in [0.05, 0.1) is 0 Å². The molecule has 1 N–H and O–H groups in total. The summed E-state index contributed by atoms with van der Waals surface area (Å²) in [4.78, 5) is 11.8. The Morgan fingerprint density at radius 2 is 1.77 bits per heavy atom. The second-order valence-electron chi connectivity index (χ2n) is 9.14. The van der Waals surface area contributed by atoms with E-state index in [0.29, 0.717) is 10.3 Å². The van der Waals surface area contributed by atoms with Crippen LogP contribution in [0.2, 0.25) is 5.21 Å². The minimum Gasteiger partial charge on any atom is -0.147 e. The van der Waals surface area contributed by atoms with Crippen molar-refractivity contribution in [1.82, 2.24) is 0 Å². The van der Waals surface area contributed by atoms with Gasteiger partial charge in [-0.3, -0.25) is 0 Å². The van der Waals surface area contributed by atoms with E-state index < -0.39 is 5.97 Å². The Bertz CT molecular complexity index is 1350. The van der Waals surface area contributed by atoms with Gasteiger partial charge in [0.2, 0.25) is 0 Å². The normalized spacial score (nSPS) is 18.0. The number of fused-ring (bicyclic) bond motifs is 2. The van der Waals surface area contributed by atoms with Crippen LogP contribution in [-0.2, 0) is 0 Å². The van der Waals surface area contributed by atoms with Crippen LogP contribution in [0, 0.1) is 6.92 Å². The Kier molecular flexibility index (Phi) is 7.89. The third-order valence-electron chi connectivity index (χ3n) is 6.92.